The minimum absolute atomic E-state index is 0.0568. The lowest BCUT2D eigenvalue weighted by Gasteiger charge is -2.22. The van der Waals surface area contributed by atoms with Crippen molar-refractivity contribution in [3.63, 3.8) is 0 Å². The number of rotatable bonds is 3. The van der Waals surface area contributed by atoms with Crippen molar-refractivity contribution in [2.75, 3.05) is 17.2 Å². The Morgan fingerprint density at radius 3 is 2.74 bits per heavy atom. The van der Waals surface area contributed by atoms with Crippen LogP contribution in [-0.4, -0.2) is 17.4 Å². The highest BCUT2D eigenvalue weighted by molar-refractivity contribution is 6.06. The average molecular weight is 255 g/mol. The number of hydrogen-bond donors (Lipinski definition) is 1. The molecule has 0 saturated carbocycles. The van der Waals surface area contributed by atoms with Crippen molar-refractivity contribution in [3.8, 4) is 0 Å². The SMILES string of the molecule is CCN(C(=O)c1cccnc1C)c1cccc(N)c1. The van der Waals surface area contributed by atoms with E-state index in [1.54, 1.807) is 35.4 Å². The van der Waals surface area contributed by atoms with Gasteiger partial charge < -0.3 is 10.6 Å². The molecular weight excluding hydrogens is 238 g/mol. The number of amides is 1. The van der Waals surface area contributed by atoms with Crippen LogP contribution in [0, 0.1) is 6.92 Å². The Morgan fingerprint density at radius 1 is 1.32 bits per heavy atom. The molecule has 0 aliphatic heterocycles. The standard InChI is InChI=1S/C15H17N3O/c1-3-18(13-7-4-6-12(16)10-13)15(19)14-8-5-9-17-11(14)2/h4-10H,3,16H2,1-2H3. The van der Waals surface area contributed by atoms with Crippen molar-refractivity contribution < 1.29 is 4.79 Å². The number of carbonyl (C=O) groups excluding carboxylic acids is 1. The van der Waals surface area contributed by atoms with Crippen LogP contribution in [0.4, 0.5) is 11.4 Å². The maximum Gasteiger partial charge on any atom is 0.260 e. The zero-order valence-electron chi connectivity index (χ0n) is 11.1. The predicted molar refractivity (Wildman–Crippen MR) is 77.2 cm³/mol. The van der Waals surface area contributed by atoms with E-state index in [9.17, 15) is 4.79 Å². The van der Waals surface area contributed by atoms with E-state index in [0.29, 0.717) is 17.8 Å². The molecule has 1 aromatic heterocycles. The van der Waals surface area contributed by atoms with Crippen LogP contribution in [0.1, 0.15) is 23.0 Å². The van der Waals surface area contributed by atoms with Gasteiger partial charge in [-0.15, -0.1) is 0 Å². The number of anilines is 2. The summed E-state index contributed by atoms with van der Waals surface area (Å²) < 4.78 is 0. The quantitative estimate of drug-likeness (QED) is 0.858. The molecule has 0 unspecified atom stereocenters. The van der Waals surface area contributed by atoms with Gasteiger partial charge in [0, 0.05) is 29.8 Å². The lowest BCUT2D eigenvalue weighted by Crippen LogP contribution is -2.31. The fraction of sp³-hybridized carbons (Fsp3) is 0.200. The van der Waals surface area contributed by atoms with Crippen molar-refractivity contribution in [1.82, 2.24) is 4.98 Å². The first kappa shape index (κ1) is 13.1. The van der Waals surface area contributed by atoms with Crippen molar-refractivity contribution in [3.05, 3.63) is 53.9 Å². The Bertz CT molecular complexity index is 595. The van der Waals surface area contributed by atoms with E-state index in [4.69, 9.17) is 5.73 Å². The van der Waals surface area contributed by atoms with Crippen LogP contribution >= 0.6 is 0 Å². The second-order valence-electron chi connectivity index (χ2n) is 4.28. The van der Waals surface area contributed by atoms with Gasteiger partial charge in [0.05, 0.1) is 5.56 Å². The first-order valence-electron chi connectivity index (χ1n) is 6.22. The Balaban J connectivity index is 2.38. The minimum Gasteiger partial charge on any atom is -0.399 e. The first-order valence-corrected chi connectivity index (χ1v) is 6.22. The lowest BCUT2D eigenvalue weighted by atomic mass is 10.1. The highest BCUT2D eigenvalue weighted by Crippen LogP contribution is 2.20. The molecule has 0 fully saturated rings. The molecule has 4 heteroatoms. The van der Waals surface area contributed by atoms with Gasteiger partial charge in [-0.25, -0.2) is 0 Å². The summed E-state index contributed by atoms with van der Waals surface area (Å²) in [5.41, 5.74) is 8.56. The van der Waals surface area contributed by atoms with Gasteiger partial charge in [0.1, 0.15) is 0 Å². The van der Waals surface area contributed by atoms with Crippen LogP contribution in [0.3, 0.4) is 0 Å². The molecule has 2 aromatic rings. The molecule has 4 nitrogen and oxygen atoms in total. The van der Waals surface area contributed by atoms with Gasteiger partial charge in [-0.1, -0.05) is 6.07 Å². The summed E-state index contributed by atoms with van der Waals surface area (Å²) in [5, 5.41) is 0. The molecule has 1 heterocycles. The molecule has 1 aromatic carbocycles. The lowest BCUT2D eigenvalue weighted by molar-refractivity contribution is 0.0987. The molecule has 0 atom stereocenters. The van der Waals surface area contributed by atoms with Crippen LogP contribution in [-0.2, 0) is 0 Å². The number of aromatic nitrogens is 1. The van der Waals surface area contributed by atoms with Gasteiger partial charge in [-0.05, 0) is 44.2 Å². The fourth-order valence-electron chi connectivity index (χ4n) is 1.99. The van der Waals surface area contributed by atoms with Crippen LogP contribution in [0.2, 0.25) is 0 Å². The van der Waals surface area contributed by atoms with Gasteiger partial charge in [-0.2, -0.15) is 0 Å². The Hall–Kier alpha value is -2.36. The molecule has 1 amide bonds. The topological polar surface area (TPSA) is 59.2 Å². The molecule has 0 saturated heterocycles. The number of hydrogen-bond acceptors (Lipinski definition) is 3. The third-order valence-corrected chi connectivity index (χ3v) is 2.98. The summed E-state index contributed by atoms with van der Waals surface area (Å²) in [4.78, 5) is 18.4. The molecule has 19 heavy (non-hydrogen) atoms. The van der Waals surface area contributed by atoms with Crippen molar-refractivity contribution in [2.45, 2.75) is 13.8 Å². The largest absolute Gasteiger partial charge is 0.399 e. The zero-order chi connectivity index (χ0) is 13.8. The number of nitrogens with two attached hydrogens (primary N) is 1. The van der Waals surface area contributed by atoms with E-state index in [1.165, 1.54) is 0 Å². The molecule has 0 spiro atoms. The predicted octanol–water partition coefficient (Wildman–Crippen LogP) is 2.64. The normalized spacial score (nSPS) is 10.2. The molecule has 0 aliphatic rings. The Morgan fingerprint density at radius 2 is 2.11 bits per heavy atom. The summed E-state index contributed by atoms with van der Waals surface area (Å²) in [5.74, 6) is -0.0568. The molecule has 2 N–H and O–H groups in total. The minimum atomic E-state index is -0.0568. The molecule has 0 bridgehead atoms. The highest BCUT2D eigenvalue weighted by atomic mass is 16.2. The van der Waals surface area contributed by atoms with Crippen molar-refractivity contribution in [1.29, 1.82) is 0 Å². The first-order chi connectivity index (χ1) is 9.13. The van der Waals surface area contributed by atoms with Gasteiger partial charge in [0.2, 0.25) is 0 Å². The Kier molecular flexibility index (Phi) is 3.80. The van der Waals surface area contributed by atoms with E-state index >= 15 is 0 Å². The third-order valence-electron chi connectivity index (χ3n) is 2.98. The highest BCUT2D eigenvalue weighted by Gasteiger charge is 2.18. The smallest absolute Gasteiger partial charge is 0.260 e. The summed E-state index contributed by atoms with van der Waals surface area (Å²) in [6, 6.07) is 10.9. The number of pyridine rings is 1. The summed E-state index contributed by atoms with van der Waals surface area (Å²) in [6.07, 6.45) is 1.68. The summed E-state index contributed by atoms with van der Waals surface area (Å²) in [6.45, 7) is 4.35. The summed E-state index contributed by atoms with van der Waals surface area (Å²) in [7, 11) is 0. The number of carbonyl (C=O) groups is 1. The maximum absolute atomic E-state index is 12.6. The van der Waals surface area contributed by atoms with E-state index in [2.05, 4.69) is 4.98 Å². The monoisotopic (exact) mass is 255 g/mol. The molecule has 98 valence electrons. The Labute approximate surface area is 112 Å². The molecule has 2 rings (SSSR count). The second kappa shape index (κ2) is 5.52. The van der Waals surface area contributed by atoms with Crippen LogP contribution in [0.25, 0.3) is 0 Å². The van der Waals surface area contributed by atoms with E-state index in [1.807, 2.05) is 26.0 Å². The van der Waals surface area contributed by atoms with E-state index < -0.39 is 0 Å². The molecular formula is C15H17N3O. The van der Waals surface area contributed by atoms with Gasteiger partial charge in [0.25, 0.3) is 5.91 Å². The van der Waals surface area contributed by atoms with Crippen LogP contribution in [0.15, 0.2) is 42.6 Å². The number of benzene rings is 1. The third kappa shape index (κ3) is 2.73. The summed E-state index contributed by atoms with van der Waals surface area (Å²) >= 11 is 0. The average Bonchev–Trinajstić information content (AvgIpc) is 2.40. The number of nitrogens with zero attached hydrogens (tertiary/aromatic N) is 2. The van der Waals surface area contributed by atoms with Gasteiger partial charge in [-0.3, -0.25) is 9.78 Å². The fourth-order valence-corrected chi connectivity index (χ4v) is 1.99. The molecule has 0 radical (unpaired) electrons. The van der Waals surface area contributed by atoms with E-state index in [0.717, 1.165) is 11.4 Å². The van der Waals surface area contributed by atoms with Gasteiger partial charge in [0.15, 0.2) is 0 Å². The van der Waals surface area contributed by atoms with Crippen LogP contribution in [0.5, 0.6) is 0 Å². The molecule has 0 aliphatic carbocycles. The van der Waals surface area contributed by atoms with Crippen LogP contribution < -0.4 is 10.6 Å². The number of aryl methyl sites for hydroxylation is 1. The maximum atomic E-state index is 12.6. The van der Waals surface area contributed by atoms with Crippen molar-refractivity contribution >= 4 is 17.3 Å². The zero-order valence-corrected chi connectivity index (χ0v) is 11.1. The van der Waals surface area contributed by atoms with Gasteiger partial charge >= 0.3 is 0 Å². The second-order valence-corrected chi connectivity index (χ2v) is 4.28. The number of nitrogen functional groups attached to an aromatic ring is 1. The van der Waals surface area contributed by atoms with Crippen molar-refractivity contribution in [2.24, 2.45) is 0 Å². The van der Waals surface area contributed by atoms with E-state index in [-0.39, 0.29) is 5.91 Å².